The Hall–Kier alpha value is -3.29. The molecule has 1 atom stereocenters. The molecule has 0 unspecified atom stereocenters. The molecule has 1 aliphatic heterocycles. The Morgan fingerprint density at radius 2 is 2.12 bits per heavy atom. The van der Waals surface area contributed by atoms with Crippen molar-refractivity contribution in [1.29, 1.82) is 0 Å². The van der Waals surface area contributed by atoms with Crippen molar-refractivity contribution in [3.8, 4) is 0 Å². The molecule has 0 radical (unpaired) electrons. The van der Waals surface area contributed by atoms with Crippen LogP contribution in [0, 0.1) is 5.92 Å². The number of hydrogen-bond donors (Lipinski definition) is 1. The molecule has 8 heteroatoms. The summed E-state index contributed by atoms with van der Waals surface area (Å²) in [5.41, 5.74) is 3.18. The number of aromatic nitrogens is 3. The first-order valence-electron chi connectivity index (χ1n) is 8.34. The highest BCUT2D eigenvalue weighted by atomic mass is 16.6. The summed E-state index contributed by atoms with van der Waals surface area (Å²) in [5.74, 6) is -0.467. The normalized spacial score (nSPS) is 17.0. The molecule has 1 aliphatic rings. The zero-order chi connectivity index (χ0) is 17.9. The van der Waals surface area contributed by atoms with Crippen molar-refractivity contribution in [2.45, 2.75) is 19.5 Å². The molecule has 2 aromatic heterocycles. The standard InChI is InChI=1S/C18H17N5O3/c24-17-7-14(11-23(17)10-13-2-1-5-19-8-13)18(25)20-9-12-3-4-15-16(6-12)22-26-21-15/h1-6,8,14H,7,9-11H2,(H,20,25)/t14-/m0/s1. The molecule has 4 rings (SSSR count). The van der Waals surface area contributed by atoms with Crippen LogP contribution in [0.1, 0.15) is 17.5 Å². The summed E-state index contributed by atoms with van der Waals surface area (Å²) in [4.78, 5) is 30.4. The molecule has 0 bridgehead atoms. The lowest BCUT2D eigenvalue weighted by atomic mass is 10.1. The van der Waals surface area contributed by atoms with E-state index in [-0.39, 0.29) is 24.2 Å². The second-order valence-electron chi connectivity index (χ2n) is 6.34. The molecule has 1 N–H and O–H groups in total. The molecular weight excluding hydrogens is 334 g/mol. The average molecular weight is 351 g/mol. The van der Waals surface area contributed by atoms with E-state index in [1.165, 1.54) is 0 Å². The number of rotatable bonds is 5. The molecule has 132 valence electrons. The van der Waals surface area contributed by atoms with Crippen LogP contribution < -0.4 is 5.32 Å². The predicted octanol–water partition coefficient (Wildman–Crippen LogP) is 1.28. The molecular formula is C18H17N5O3. The Kier molecular flexibility index (Phi) is 4.30. The predicted molar refractivity (Wildman–Crippen MR) is 91.4 cm³/mol. The van der Waals surface area contributed by atoms with Gasteiger partial charge >= 0.3 is 0 Å². The van der Waals surface area contributed by atoms with Gasteiger partial charge in [-0.05, 0) is 39.6 Å². The van der Waals surface area contributed by atoms with E-state index in [0.29, 0.717) is 30.7 Å². The smallest absolute Gasteiger partial charge is 0.225 e. The highest BCUT2D eigenvalue weighted by molar-refractivity contribution is 5.89. The fourth-order valence-corrected chi connectivity index (χ4v) is 3.08. The monoisotopic (exact) mass is 351 g/mol. The minimum atomic E-state index is -0.336. The van der Waals surface area contributed by atoms with E-state index in [1.54, 1.807) is 23.4 Å². The minimum absolute atomic E-state index is 0.0101. The molecule has 1 saturated heterocycles. The van der Waals surface area contributed by atoms with Crippen LogP contribution in [-0.2, 0) is 22.7 Å². The molecule has 1 fully saturated rings. The Labute approximate surface area is 149 Å². The maximum Gasteiger partial charge on any atom is 0.225 e. The van der Waals surface area contributed by atoms with Crippen molar-refractivity contribution in [3.05, 3.63) is 53.9 Å². The van der Waals surface area contributed by atoms with Crippen molar-refractivity contribution < 1.29 is 14.2 Å². The van der Waals surface area contributed by atoms with Crippen molar-refractivity contribution in [1.82, 2.24) is 25.5 Å². The summed E-state index contributed by atoms with van der Waals surface area (Å²) >= 11 is 0. The molecule has 3 heterocycles. The van der Waals surface area contributed by atoms with Crippen molar-refractivity contribution in [2.75, 3.05) is 6.54 Å². The van der Waals surface area contributed by atoms with Gasteiger partial charge in [-0.2, -0.15) is 0 Å². The van der Waals surface area contributed by atoms with Gasteiger partial charge in [-0.3, -0.25) is 14.6 Å². The van der Waals surface area contributed by atoms with Gasteiger partial charge in [-0.1, -0.05) is 12.1 Å². The number of carbonyl (C=O) groups excluding carboxylic acids is 2. The van der Waals surface area contributed by atoms with Gasteiger partial charge in [0.1, 0.15) is 11.0 Å². The molecule has 0 saturated carbocycles. The summed E-state index contributed by atoms with van der Waals surface area (Å²) in [6.07, 6.45) is 3.66. The zero-order valence-corrected chi connectivity index (χ0v) is 14.0. The number of nitrogens with one attached hydrogen (secondary N) is 1. The molecule has 1 aromatic carbocycles. The van der Waals surface area contributed by atoms with Crippen molar-refractivity contribution in [3.63, 3.8) is 0 Å². The van der Waals surface area contributed by atoms with Gasteiger partial charge in [-0.15, -0.1) is 0 Å². The first kappa shape index (κ1) is 16.2. The maximum absolute atomic E-state index is 12.4. The number of likely N-dealkylation sites (tertiary alicyclic amines) is 1. The molecule has 3 aromatic rings. The Morgan fingerprint density at radius 3 is 2.96 bits per heavy atom. The number of pyridine rings is 1. The van der Waals surface area contributed by atoms with Crippen LogP contribution >= 0.6 is 0 Å². The fourth-order valence-electron chi connectivity index (χ4n) is 3.08. The van der Waals surface area contributed by atoms with Gasteiger partial charge in [0, 0.05) is 38.4 Å². The first-order chi connectivity index (χ1) is 12.7. The molecule has 8 nitrogen and oxygen atoms in total. The minimum Gasteiger partial charge on any atom is -0.352 e. The quantitative estimate of drug-likeness (QED) is 0.743. The number of hydrogen-bond acceptors (Lipinski definition) is 6. The Balaban J connectivity index is 1.34. The van der Waals surface area contributed by atoms with E-state index in [2.05, 4.69) is 25.2 Å². The lowest BCUT2D eigenvalue weighted by Gasteiger charge is -2.16. The number of carbonyl (C=O) groups is 2. The van der Waals surface area contributed by atoms with Crippen molar-refractivity contribution >= 4 is 22.8 Å². The van der Waals surface area contributed by atoms with Crippen molar-refractivity contribution in [2.24, 2.45) is 5.92 Å². The van der Waals surface area contributed by atoms with Crippen LogP contribution in [-0.4, -0.2) is 38.6 Å². The largest absolute Gasteiger partial charge is 0.352 e. The first-order valence-corrected chi connectivity index (χ1v) is 8.34. The van der Waals surface area contributed by atoms with Gasteiger partial charge in [-0.25, -0.2) is 4.63 Å². The van der Waals surface area contributed by atoms with E-state index in [4.69, 9.17) is 0 Å². The van der Waals surface area contributed by atoms with E-state index >= 15 is 0 Å². The van der Waals surface area contributed by atoms with Crippen LogP contribution in [0.25, 0.3) is 11.0 Å². The third-order valence-corrected chi connectivity index (χ3v) is 4.47. The van der Waals surface area contributed by atoms with E-state index in [1.807, 2.05) is 24.3 Å². The lowest BCUT2D eigenvalue weighted by molar-refractivity contribution is -0.129. The molecule has 0 spiro atoms. The SMILES string of the molecule is O=C(NCc1ccc2nonc2c1)[C@H]1CC(=O)N(Cc2cccnc2)C1. The molecule has 0 aliphatic carbocycles. The average Bonchev–Trinajstić information content (AvgIpc) is 3.27. The third-order valence-electron chi connectivity index (χ3n) is 4.47. The van der Waals surface area contributed by atoms with Gasteiger partial charge in [0.2, 0.25) is 11.8 Å². The summed E-state index contributed by atoms with van der Waals surface area (Å²) in [6.45, 7) is 1.27. The number of amides is 2. The second-order valence-corrected chi connectivity index (χ2v) is 6.34. The van der Waals surface area contributed by atoms with Crippen LogP contribution in [0.4, 0.5) is 0 Å². The zero-order valence-electron chi connectivity index (χ0n) is 14.0. The highest BCUT2D eigenvalue weighted by Crippen LogP contribution is 2.20. The highest BCUT2D eigenvalue weighted by Gasteiger charge is 2.34. The molecule has 2 amide bonds. The Bertz CT molecular complexity index is 940. The van der Waals surface area contributed by atoms with E-state index in [9.17, 15) is 9.59 Å². The second kappa shape index (κ2) is 6.91. The van der Waals surface area contributed by atoms with Crippen LogP contribution in [0.2, 0.25) is 0 Å². The summed E-state index contributed by atoms with van der Waals surface area (Å²) in [6, 6.07) is 9.23. The third kappa shape index (κ3) is 3.39. The van der Waals surface area contributed by atoms with E-state index in [0.717, 1.165) is 11.1 Å². The number of fused-ring (bicyclic) bond motifs is 1. The van der Waals surface area contributed by atoms with Crippen LogP contribution in [0.5, 0.6) is 0 Å². The van der Waals surface area contributed by atoms with Crippen LogP contribution in [0.15, 0.2) is 47.4 Å². The van der Waals surface area contributed by atoms with Gasteiger partial charge in [0.05, 0.1) is 5.92 Å². The van der Waals surface area contributed by atoms with Gasteiger partial charge in [0.25, 0.3) is 0 Å². The van der Waals surface area contributed by atoms with E-state index < -0.39 is 0 Å². The fraction of sp³-hybridized carbons (Fsp3) is 0.278. The maximum atomic E-state index is 12.4. The van der Waals surface area contributed by atoms with Gasteiger partial charge in [0.15, 0.2) is 0 Å². The molecule has 26 heavy (non-hydrogen) atoms. The Morgan fingerprint density at radius 1 is 1.23 bits per heavy atom. The summed E-state index contributed by atoms with van der Waals surface area (Å²) in [5, 5.41) is 10.4. The number of benzene rings is 1. The number of nitrogens with zero attached hydrogens (tertiary/aromatic N) is 4. The summed E-state index contributed by atoms with van der Waals surface area (Å²) in [7, 11) is 0. The topological polar surface area (TPSA) is 101 Å². The lowest BCUT2D eigenvalue weighted by Crippen LogP contribution is -2.32. The summed E-state index contributed by atoms with van der Waals surface area (Å²) < 4.78 is 4.66. The van der Waals surface area contributed by atoms with Crippen LogP contribution in [0.3, 0.4) is 0 Å². The van der Waals surface area contributed by atoms with Gasteiger partial charge < -0.3 is 10.2 Å².